The number of hydrogen-bond acceptors (Lipinski definition) is 2. The summed E-state index contributed by atoms with van der Waals surface area (Å²) >= 11 is 6.08. The van der Waals surface area contributed by atoms with Crippen LogP contribution in [0.1, 0.15) is 28.5 Å². The van der Waals surface area contributed by atoms with Crippen LogP contribution in [0.4, 0.5) is 4.39 Å². The summed E-state index contributed by atoms with van der Waals surface area (Å²) in [7, 11) is 0. The summed E-state index contributed by atoms with van der Waals surface area (Å²) in [5, 5.41) is 4.60. The molecular formula is C13H12ClFN2O. The molecule has 0 unspecified atom stereocenters. The predicted octanol–water partition coefficient (Wildman–Crippen LogP) is 3.10. The van der Waals surface area contributed by atoms with E-state index in [0.717, 1.165) is 11.8 Å². The van der Waals surface area contributed by atoms with E-state index in [1.165, 1.54) is 12.1 Å². The molecule has 0 N–H and O–H groups in total. The van der Waals surface area contributed by atoms with Crippen LogP contribution in [-0.4, -0.2) is 16.1 Å². The Kier molecular flexibility index (Phi) is 3.77. The zero-order valence-corrected chi connectivity index (χ0v) is 10.6. The molecule has 0 aliphatic carbocycles. The van der Waals surface area contributed by atoms with E-state index < -0.39 is 0 Å². The minimum Gasteiger partial charge on any atom is -0.298 e. The number of aldehydes is 1. The van der Waals surface area contributed by atoms with E-state index in [9.17, 15) is 9.18 Å². The standard InChI is InChI=1S/C13H12ClFN2O/c1-2-12-11(8-18)13(14)17(16-12)7-9-3-5-10(15)6-4-9/h3-6,8H,2,7H2,1H3. The summed E-state index contributed by atoms with van der Waals surface area (Å²) in [6.45, 7) is 2.33. The summed E-state index contributed by atoms with van der Waals surface area (Å²) in [5.74, 6) is -0.284. The number of hydrogen-bond donors (Lipinski definition) is 0. The van der Waals surface area contributed by atoms with Gasteiger partial charge in [-0.2, -0.15) is 5.10 Å². The Bertz CT molecular complexity index is 563. The molecule has 0 atom stereocenters. The molecule has 0 amide bonds. The smallest absolute Gasteiger partial charge is 0.155 e. The SMILES string of the molecule is CCc1nn(Cc2ccc(F)cc2)c(Cl)c1C=O. The molecule has 5 heteroatoms. The Labute approximate surface area is 109 Å². The van der Waals surface area contributed by atoms with Gasteiger partial charge in [-0.15, -0.1) is 0 Å². The Hall–Kier alpha value is -1.68. The van der Waals surface area contributed by atoms with Crippen LogP contribution < -0.4 is 0 Å². The highest BCUT2D eigenvalue weighted by atomic mass is 35.5. The minimum atomic E-state index is -0.284. The van der Waals surface area contributed by atoms with Crippen molar-refractivity contribution in [1.82, 2.24) is 9.78 Å². The maximum atomic E-state index is 12.8. The second-order valence-corrected chi connectivity index (χ2v) is 4.26. The van der Waals surface area contributed by atoms with E-state index >= 15 is 0 Å². The third-order valence-corrected chi connectivity index (χ3v) is 3.10. The molecule has 0 saturated heterocycles. The maximum absolute atomic E-state index is 12.8. The molecule has 0 spiro atoms. The number of rotatable bonds is 4. The van der Waals surface area contributed by atoms with Gasteiger partial charge >= 0.3 is 0 Å². The van der Waals surface area contributed by atoms with Crippen LogP contribution in [0.15, 0.2) is 24.3 Å². The predicted molar refractivity (Wildman–Crippen MR) is 67.5 cm³/mol. The summed E-state index contributed by atoms with van der Waals surface area (Å²) in [5.41, 5.74) is 1.99. The number of nitrogens with zero attached hydrogens (tertiary/aromatic N) is 2. The van der Waals surface area contributed by atoms with Gasteiger partial charge in [0.2, 0.25) is 0 Å². The van der Waals surface area contributed by atoms with Crippen molar-refractivity contribution >= 4 is 17.9 Å². The highest BCUT2D eigenvalue weighted by Gasteiger charge is 2.14. The average molecular weight is 267 g/mol. The van der Waals surface area contributed by atoms with E-state index in [-0.39, 0.29) is 5.82 Å². The fourth-order valence-electron chi connectivity index (χ4n) is 1.75. The van der Waals surface area contributed by atoms with E-state index in [1.807, 2.05) is 6.92 Å². The molecule has 0 aliphatic heterocycles. The van der Waals surface area contributed by atoms with E-state index in [2.05, 4.69) is 5.10 Å². The second kappa shape index (κ2) is 5.31. The lowest BCUT2D eigenvalue weighted by atomic mass is 10.2. The fraction of sp³-hybridized carbons (Fsp3) is 0.231. The molecular weight excluding hydrogens is 255 g/mol. The van der Waals surface area contributed by atoms with Crippen LogP contribution in [-0.2, 0) is 13.0 Å². The lowest BCUT2D eigenvalue weighted by Crippen LogP contribution is -2.02. The normalized spacial score (nSPS) is 10.6. The van der Waals surface area contributed by atoms with E-state index in [0.29, 0.717) is 29.4 Å². The number of benzene rings is 1. The molecule has 1 heterocycles. The van der Waals surface area contributed by atoms with Crippen LogP contribution in [0.3, 0.4) is 0 Å². The topological polar surface area (TPSA) is 34.9 Å². The first-order valence-corrected chi connectivity index (χ1v) is 5.98. The zero-order valence-electron chi connectivity index (χ0n) is 9.86. The van der Waals surface area contributed by atoms with Gasteiger partial charge in [-0.25, -0.2) is 9.07 Å². The fourth-order valence-corrected chi connectivity index (χ4v) is 2.00. The van der Waals surface area contributed by atoms with Gasteiger partial charge in [0.1, 0.15) is 11.0 Å². The quantitative estimate of drug-likeness (QED) is 0.797. The summed E-state index contributed by atoms with van der Waals surface area (Å²) in [4.78, 5) is 10.9. The Balaban J connectivity index is 2.31. The highest BCUT2D eigenvalue weighted by Crippen LogP contribution is 2.20. The number of halogens is 2. The van der Waals surface area contributed by atoms with Gasteiger partial charge in [-0.1, -0.05) is 30.7 Å². The van der Waals surface area contributed by atoms with Gasteiger partial charge in [-0.3, -0.25) is 4.79 Å². The molecule has 0 aliphatic rings. The van der Waals surface area contributed by atoms with Crippen molar-refractivity contribution in [2.75, 3.05) is 0 Å². The monoisotopic (exact) mass is 266 g/mol. The number of carbonyl (C=O) groups is 1. The van der Waals surface area contributed by atoms with Gasteiger partial charge in [0.05, 0.1) is 17.8 Å². The number of aryl methyl sites for hydroxylation is 1. The van der Waals surface area contributed by atoms with Crippen LogP contribution in [0.2, 0.25) is 5.15 Å². The molecule has 0 saturated carbocycles. The first-order chi connectivity index (χ1) is 8.65. The Morgan fingerprint density at radius 2 is 2.06 bits per heavy atom. The maximum Gasteiger partial charge on any atom is 0.155 e. The van der Waals surface area contributed by atoms with Crippen LogP contribution in [0.5, 0.6) is 0 Å². The molecule has 2 rings (SSSR count). The molecule has 0 radical (unpaired) electrons. The highest BCUT2D eigenvalue weighted by molar-refractivity contribution is 6.32. The van der Waals surface area contributed by atoms with Gasteiger partial charge in [0.25, 0.3) is 0 Å². The lowest BCUT2D eigenvalue weighted by molar-refractivity contribution is 0.112. The second-order valence-electron chi connectivity index (χ2n) is 3.91. The Morgan fingerprint density at radius 3 is 2.56 bits per heavy atom. The molecule has 0 fully saturated rings. The van der Waals surface area contributed by atoms with Gasteiger partial charge < -0.3 is 0 Å². The third-order valence-electron chi connectivity index (χ3n) is 2.70. The molecule has 2 aromatic rings. The zero-order chi connectivity index (χ0) is 13.1. The van der Waals surface area contributed by atoms with Crippen molar-refractivity contribution in [3.8, 4) is 0 Å². The lowest BCUT2D eigenvalue weighted by Gasteiger charge is -2.03. The molecule has 18 heavy (non-hydrogen) atoms. The molecule has 1 aromatic carbocycles. The van der Waals surface area contributed by atoms with Crippen molar-refractivity contribution in [3.63, 3.8) is 0 Å². The Morgan fingerprint density at radius 1 is 1.39 bits per heavy atom. The van der Waals surface area contributed by atoms with Gasteiger partial charge in [-0.05, 0) is 24.1 Å². The van der Waals surface area contributed by atoms with E-state index in [4.69, 9.17) is 11.6 Å². The first kappa shape index (κ1) is 12.8. The first-order valence-electron chi connectivity index (χ1n) is 5.60. The molecule has 0 bridgehead atoms. The third kappa shape index (κ3) is 2.43. The van der Waals surface area contributed by atoms with Crippen LogP contribution in [0.25, 0.3) is 0 Å². The largest absolute Gasteiger partial charge is 0.298 e. The van der Waals surface area contributed by atoms with E-state index in [1.54, 1.807) is 16.8 Å². The van der Waals surface area contributed by atoms with Crippen molar-refractivity contribution in [1.29, 1.82) is 0 Å². The molecule has 94 valence electrons. The van der Waals surface area contributed by atoms with Crippen LogP contribution >= 0.6 is 11.6 Å². The number of aromatic nitrogens is 2. The minimum absolute atomic E-state index is 0.284. The molecule has 1 aromatic heterocycles. The van der Waals surface area contributed by atoms with Gasteiger partial charge in [0, 0.05) is 0 Å². The average Bonchev–Trinajstić information content (AvgIpc) is 2.68. The van der Waals surface area contributed by atoms with Crippen molar-refractivity contribution in [3.05, 3.63) is 52.1 Å². The summed E-state index contributed by atoms with van der Waals surface area (Å²) in [6.07, 6.45) is 1.36. The van der Waals surface area contributed by atoms with Crippen molar-refractivity contribution < 1.29 is 9.18 Å². The van der Waals surface area contributed by atoms with Crippen molar-refractivity contribution in [2.24, 2.45) is 0 Å². The van der Waals surface area contributed by atoms with Crippen LogP contribution in [0, 0.1) is 5.82 Å². The summed E-state index contributed by atoms with van der Waals surface area (Å²) < 4.78 is 14.3. The van der Waals surface area contributed by atoms with Gasteiger partial charge in [0.15, 0.2) is 6.29 Å². The number of carbonyl (C=O) groups excluding carboxylic acids is 1. The summed E-state index contributed by atoms with van der Waals surface area (Å²) in [6, 6.07) is 6.10. The van der Waals surface area contributed by atoms with Crippen molar-refractivity contribution in [2.45, 2.75) is 19.9 Å². The molecule has 3 nitrogen and oxygen atoms in total.